The molecule has 1 N–H and O–H groups in total. The molecule has 3 aliphatic rings. The van der Waals surface area contributed by atoms with Crippen LogP contribution in [0.15, 0.2) is 67.1 Å². The molecule has 1 aliphatic carbocycles. The minimum Gasteiger partial charge on any atom is -0.370 e. The Morgan fingerprint density at radius 1 is 0.806 bits per heavy atom. The van der Waals surface area contributed by atoms with Crippen molar-refractivity contribution >= 4 is 11.5 Å². The van der Waals surface area contributed by atoms with Crippen LogP contribution in [-0.4, -0.2) is 47.2 Å². The maximum Gasteiger partial charge on any atom is 0.416 e. The number of halogens is 3. The fourth-order valence-electron chi connectivity index (χ4n) is 6.32. The van der Waals surface area contributed by atoms with Gasteiger partial charge in [-0.3, -0.25) is 4.98 Å². The van der Waals surface area contributed by atoms with E-state index in [-0.39, 0.29) is 12.1 Å². The summed E-state index contributed by atoms with van der Waals surface area (Å²) in [6.07, 6.45) is 6.84. The number of nitrogens with one attached hydrogen (secondary N) is 1. The Hall–Kier alpha value is -3.13. The molecule has 8 heteroatoms. The van der Waals surface area contributed by atoms with Gasteiger partial charge in [0.15, 0.2) is 0 Å². The number of hydrogen-bond donors (Lipinski definition) is 1. The monoisotopic (exact) mass is 493 g/mol. The maximum absolute atomic E-state index is 13.0. The van der Waals surface area contributed by atoms with Crippen LogP contribution < -0.4 is 15.1 Å². The van der Waals surface area contributed by atoms with Crippen molar-refractivity contribution in [1.82, 2.24) is 15.3 Å². The van der Waals surface area contributed by atoms with Gasteiger partial charge in [-0.05, 0) is 78.9 Å². The van der Waals surface area contributed by atoms with Crippen LogP contribution in [0.5, 0.6) is 0 Å². The van der Waals surface area contributed by atoms with Crippen LogP contribution in [0.4, 0.5) is 24.7 Å². The molecule has 0 radical (unpaired) electrons. The molecule has 188 valence electrons. The predicted molar refractivity (Wildman–Crippen MR) is 135 cm³/mol. The number of rotatable bonds is 3. The Bertz CT molecular complexity index is 1180. The number of alkyl halides is 3. The first kappa shape index (κ1) is 23.3. The van der Waals surface area contributed by atoms with Gasteiger partial charge in [-0.25, -0.2) is 4.98 Å². The van der Waals surface area contributed by atoms with Crippen molar-refractivity contribution in [3.63, 3.8) is 0 Å². The maximum atomic E-state index is 13.0. The van der Waals surface area contributed by atoms with Gasteiger partial charge in [0.25, 0.3) is 0 Å². The molecule has 5 nitrogen and oxygen atoms in total. The lowest BCUT2D eigenvalue weighted by Crippen LogP contribution is -2.72. The van der Waals surface area contributed by atoms with Crippen molar-refractivity contribution in [2.45, 2.75) is 62.4 Å². The average molecular weight is 494 g/mol. The van der Waals surface area contributed by atoms with E-state index in [2.05, 4.69) is 26.2 Å². The van der Waals surface area contributed by atoms with Gasteiger partial charge in [-0.15, -0.1) is 0 Å². The van der Waals surface area contributed by atoms with Crippen LogP contribution in [0.25, 0.3) is 11.1 Å². The van der Waals surface area contributed by atoms with Gasteiger partial charge in [0.1, 0.15) is 5.82 Å². The lowest BCUT2D eigenvalue weighted by atomic mass is 9.81. The quantitative estimate of drug-likeness (QED) is 0.520. The van der Waals surface area contributed by atoms with Crippen LogP contribution in [-0.2, 0) is 6.18 Å². The molecule has 0 amide bonds. The third-order valence-corrected chi connectivity index (χ3v) is 8.03. The third kappa shape index (κ3) is 4.43. The molecule has 3 aromatic rings. The van der Waals surface area contributed by atoms with E-state index in [1.807, 2.05) is 36.8 Å². The van der Waals surface area contributed by atoms with E-state index >= 15 is 0 Å². The van der Waals surface area contributed by atoms with Gasteiger partial charge in [0.2, 0.25) is 0 Å². The molecule has 2 aliphatic heterocycles. The van der Waals surface area contributed by atoms with E-state index in [4.69, 9.17) is 4.98 Å². The number of piperazine rings is 1. The molecule has 0 spiro atoms. The summed E-state index contributed by atoms with van der Waals surface area (Å²) in [6, 6.07) is 15.2. The third-order valence-electron chi connectivity index (χ3n) is 8.03. The average Bonchev–Trinajstić information content (AvgIpc) is 2.91. The second-order valence-corrected chi connectivity index (χ2v) is 10.1. The van der Waals surface area contributed by atoms with E-state index in [0.29, 0.717) is 12.1 Å². The fraction of sp³-hybridized carbons (Fsp3) is 0.429. The largest absolute Gasteiger partial charge is 0.416 e. The zero-order valence-corrected chi connectivity index (χ0v) is 20.0. The van der Waals surface area contributed by atoms with E-state index in [9.17, 15) is 13.2 Å². The van der Waals surface area contributed by atoms with Crippen molar-refractivity contribution in [1.29, 1.82) is 0 Å². The van der Waals surface area contributed by atoms with Crippen molar-refractivity contribution in [3.8, 4) is 11.1 Å². The van der Waals surface area contributed by atoms with E-state index in [0.717, 1.165) is 55.0 Å². The van der Waals surface area contributed by atoms with E-state index in [1.165, 1.54) is 25.0 Å². The lowest BCUT2D eigenvalue weighted by molar-refractivity contribution is -0.137. The fourth-order valence-corrected chi connectivity index (χ4v) is 6.32. The van der Waals surface area contributed by atoms with E-state index < -0.39 is 11.7 Å². The highest BCUT2D eigenvalue weighted by Gasteiger charge is 2.46. The molecule has 0 bridgehead atoms. The molecule has 1 aromatic carbocycles. The van der Waals surface area contributed by atoms with Gasteiger partial charge in [0, 0.05) is 61.5 Å². The highest BCUT2D eigenvalue weighted by molar-refractivity contribution is 5.66. The number of anilines is 2. The van der Waals surface area contributed by atoms with Gasteiger partial charge >= 0.3 is 6.18 Å². The van der Waals surface area contributed by atoms with Crippen LogP contribution in [0.3, 0.4) is 0 Å². The lowest BCUT2D eigenvalue weighted by Gasteiger charge is -2.56. The number of pyridine rings is 2. The van der Waals surface area contributed by atoms with Crippen LogP contribution in [0.2, 0.25) is 0 Å². The molecule has 6 rings (SSSR count). The second-order valence-electron chi connectivity index (χ2n) is 10.1. The second kappa shape index (κ2) is 9.39. The number of nitrogens with zero attached hydrogens (tertiary/aromatic N) is 4. The normalized spacial score (nSPS) is 26.3. The summed E-state index contributed by atoms with van der Waals surface area (Å²) in [4.78, 5) is 13.8. The number of aromatic nitrogens is 2. The van der Waals surface area contributed by atoms with Gasteiger partial charge in [-0.2, -0.15) is 13.2 Å². The zero-order chi connectivity index (χ0) is 24.7. The van der Waals surface area contributed by atoms with Gasteiger partial charge in [-0.1, -0.05) is 12.8 Å². The molecule has 1 unspecified atom stereocenters. The Kier molecular flexibility index (Phi) is 6.07. The highest BCUT2D eigenvalue weighted by Crippen LogP contribution is 2.38. The molecule has 36 heavy (non-hydrogen) atoms. The van der Waals surface area contributed by atoms with Crippen molar-refractivity contribution in [2.75, 3.05) is 22.9 Å². The standard InChI is InChI=1S/C28H30F3N5/c29-28(30,31)21-5-7-22(8-6-21)35-16-12-26-24(18-35)34-23-3-1-2-4-25(23)36(26)27-17-20(11-15-33-27)19-9-13-32-14-10-19/h5-11,13-15,17,23-26,34H,1-4,12,16,18H2/t23-,24-,25-,26?/m1/s1. The van der Waals surface area contributed by atoms with Crippen LogP contribution in [0.1, 0.15) is 37.7 Å². The Morgan fingerprint density at radius 2 is 1.53 bits per heavy atom. The number of piperidine rings is 1. The first-order valence-corrected chi connectivity index (χ1v) is 12.8. The molecule has 1 saturated carbocycles. The van der Waals surface area contributed by atoms with Crippen molar-refractivity contribution in [3.05, 3.63) is 72.7 Å². The molecular weight excluding hydrogens is 463 g/mol. The topological polar surface area (TPSA) is 44.3 Å². The Balaban J connectivity index is 1.28. The molecule has 3 fully saturated rings. The van der Waals surface area contributed by atoms with Crippen LogP contribution in [0, 0.1) is 0 Å². The Labute approximate surface area is 209 Å². The summed E-state index contributed by atoms with van der Waals surface area (Å²) >= 11 is 0. The molecule has 2 aromatic heterocycles. The zero-order valence-electron chi connectivity index (χ0n) is 20.0. The summed E-state index contributed by atoms with van der Waals surface area (Å²) in [7, 11) is 0. The first-order valence-electron chi connectivity index (χ1n) is 12.8. The molecule has 4 heterocycles. The summed E-state index contributed by atoms with van der Waals surface area (Å²) in [5.41, 5.74) is 2.50. The minimum absolute atomic E-state index is 0.215. The molecule has 2 saturated heterocycles. The minimum atomic E-state index is -4.31. The van der Waals surface area contributed by atoms with Gasteiger partial charge < -0.3 is 15.1 Å². The first-order chi connectivity index (χ1) is 17.5. The SMILES string of the molecule is FC(F)(F)c1ccc(N2CCC3[C@@H](C2)N[C@@H]2CCCC[C@H]2N3c2cc(-c3ccncc3)ccn2)cc1. The summed E-state index contributed by atoms with van der Waals surface area (Å²) < 4.78 is 39.1. The summed E-state index contributed by atoms with van der Waals surface area (Å²) in [5.74, 6) is 1.01. The number of hydrogen-bond acceptors (Lipinski definition) is 5. The highest BCUT2D eigenvalue weighted by atomic mass is 19.4. The van der Waals surface area contributed by atoms with Gasteiger partial charge in [0.05, 0.1) is 5.56 Å². The van der Waals surface area contributed by atoms with E-state index in [1.54, 1.807) is 12.1 Å². The smallest absolute Gasteiger partial charge is 0.370 e. The Morgan fingerprint density at radius 3 is 2.31 bits per heavy atom. The summed E-state index contributed by atoms with van der Waals surface area (Å²) in [5, 5.41) is 3.94. The number of fused-ring (bicyclic) bond motifs is 2. The van der Waals surface area contributed by atoms with Crippen molar-refractivity contribution < 1.29 is 13.2 Å². The van der Waals surface area contributed by atoms with Crippen molar-refractivity contribution in [2.24, 2.45) is 0 Å². The van der Waals surface area contributed by atoms with Crippen LogP contribution >= 0.6 is 0 Å². The summed E-state index contributed by atoms with van der Waals surface area (Å²) in [6.45, 7) is 1.56. The predicted octanol–water partition coefficient (Wildman–Crippen LogP) is 5.53. The number of benzene rings is 1. The molecule has 4 atom stereocenters. The molecular formula is C28H30F3N5.